The highest BCUT2D eigenvalue weighted by atomic mass is 16.5. The predicted octanol–water partition coefficient (Wildman–Crippen LogP) is 5.91. The van der Waals surface area contributed by atoms with Gasteiger partial charge in [0.15, 0.2) is 0 Å². The molecule has 9 heteroatoms. The van der Waals surface area contributed by atoms with Crippen LogP contribution in [0.2, 0.25) is 0 Å². The second-order valence-electron chi connectivity index (χ2n) is 13.0. The van der Waals surface area contributed by atoms with Crippen molar-refractivity contribution in [1.29, 1.82) is 0 Å². The van der Waals surface area contributed by atoms with E-state index in [1.165, 1.54) is 5.57 Å². The number of likely N-dealkylation sites (N-methyl/N-ethyl adjacent to an activating group) is 1. The zero-order chi connectivity index (χ0) is 34.4. The van der Waals surface area contributed by atoms with Crippen molar-refractivity contribution in [2.75, 3.05) is 47.0 Å². The van der Waals surface area contributed by atoms with Gasteiger partial charge in [0.05, 0.1) is 25.6 Å². The van der Waals surface area contributed by atoms with Crippen molar-refractivity contribution in [2.24, 2.45) is 24.1 Å². The molecule has 9 nitrogen and oxygen atoms in total. The van der Waals surface area contributed by atoms with Crippen LogP contribution in [0.5, 0.6) is 0 Å². The van der Waals surface area contributed by atoms with Gasteiger partial charge in [0.25, 0.3) is 0 Å². The number of carbonyl (C=O) groups is 1. The minimum atomic E-state index is -0.106. The fourth-order valence-corrected chi connectivity index (χ4v) is 5.01. The number of nitrogens with one attached hydrogen (secondary N) is 2. The van der Waals surface area contributed by atoms with E-state index in [1.807, 2.05) is 33.0 Å². The Morgan fingerprint density at radius 2 is 1.98 bits per heavy atom. The standard InChI is InChI=1S/C37H58N6O3/c1-12-43(17-18-45-10)25-26(2)19-32(37(6,7)8)21-31(29(5)46-11)22-40-36(44)20-30-14-13-27(3)35(16-15-30)39-24-34(38)33-23-41-42(9)28(33)4/h13-14,16,19,21,23-24,26,39H,5,12,15,17-18,20,22,25,38H2,1-4,6-11H3,(H,40,44)/b31-21-,32-19+,34-24-. The maximum atomic E-state index is 13.1. The number of hydrogen-bond acceptors (Lipinski definition) is 7. The molecular formula is C37H58N6O3. The van der Waals surface area contributed by atoms with E-state index < -0.39 is 0 Å². The monoisotopic (exact) mass is 634 g/mol. The Bertz CT molecular complexity index is 1380. The summed E-state index contributed by atoms with van der Waals surface area (Å²) in [5.74, 6) is 0.809. The third-order valence-electron chi connectivity index (χ3n) is 8.22. The number of hydrogen-bond donors (Lipinski definition) is 3. The fraction of sp³-hybridized carbons (Fsp3) is 0.514. The molecule has 0 bridgehead atoms. The number of ether oxygens (including phenoxy) is 2. The molecule has 2 rings (SSSR count). The lowest BCUT2D eigenvalue weighted by Gasteiger charge is -2.26. The molecule has 0 aliphatic heterocycles. The molecule has 1 aliphatic rings. The molecule has 1 aliphatic carbocycles. The van der Waals surface area contributed by atoms with Crippen LogP contribution in [-0.4, -0.2) is 67.6 Å². The molecule has 0 spiro atoms. The largest absolute Gasteiger partial charge is 0.497 e. The first kappa shape index (κ1) is 38.4. The quantitative estimate of drug-likeness (QED) is 0.145. The average molecular weight is 635 g/mol. The van der Waals surface area contributed by atoms with Gasteiger partial charge in [-0.05, 0) is 49.3 Å². The SMILES string of the molecule is C=C(OC)/C(=C\C(=C/C(C)CN(CC)CCOC)C(C)(C)C)CNC(=O)CC1=CC=C(C)C(N/C=C(\N)c2cnn(C)c2C)=CC1. The molecule has 1 aromatic rings. The van der Waals surface area contributed by atoms with E-state index in [-0.39, 0.29) is 11.3 Å². The molecule has 1 heterocycles. The smallest absolute Gasteiger partial charge is 0.224 e. The normalized spacial score (nSPS) is 15.5. The molecule has 254 valence electrons. The van der Waals surface area contributed by atoms with E-state index in [9.17, 15) is 4.79 Å². The third-order valence-corrected chi connectivity index (χ3v) is 8.22. The van der Waals surface area contributed by atoms with Gasteiger partial charge in [-0.25, -0.2) is 0 Å². The third kappa shape index (κ3) is 12.2. The van der Waals surface area contributed by atoms with E-state index in [0.29, 0.717) is 43.4 Å². The highest BCUT2D eigenvalue weighted by Crippen LogP contribution is 2.30. The zero-order valence-electron chi connectivity index (χ0n) is 29.9. The summed E-state index contributed by atoms with van der Waals surface area (Å²) >= 11 is 0. The van der Waals surface area contributed by atoms with Gasteiger partial charge in [-0.1, -0.05) is 77.2 Å². The van der Waals surface area contributed by atoms with Crippen molar-refractivity contribution in [3.05, 3.63) is 94.4 Å². The number of nitrogens with zero attached hydrogens (tertiary/aromatic N) is 3. The summed E-state index contributed by atoms with van der Waals surface area (Å²) in [5.41, 5.74) is 13.8. The van der Waals surface area contributed by atoms with Crippen molar-refractivity contribution in [3.63, 3.8) is 0 Å². The molecule has 0 fully saturated rings. The van der Waals surface area contributed by atoms with Crippen molar-refractivity contribution >= 4 is 11.6 Å². The Balaban J connectivity index is 2.11. The number of nitrogens with two attached hydrogens (primary N) is 1. The summed E-state index contributed by atoms with van der Waals surface area (Å²) in [7, 11) is 5.24. The molecule has 46 heavy (non-hydrogen) atoms. The molecular weight excluding hydrogens is 576 g/mol. The van der Waals surface area contributed by atoms with E-state index in [1.54, 1.807) is 31.3 Å². The molecule has 0 saturated heterocycles. The van der Waals surface area contributed by atoms with Crippen LogP contribution in [0.15, 0.2) is 83.1 Å². The molecule has 1 amide bonds. The van der Waals surface area contributed by atoms with E-state index >= 15 is 0 Å². The lowest BCUT2D eigenvalue weighted by molar-refractivity contribution is -0.120. The maximum Gasteiger partial charge on any atom is 0.224 e. The first-order chi connectivity index (χ1) is 21.7. The van der Waals surface area contributed by atoms with Gasteiger partial charge in [-0.2, -0.15) is 5.10 Å². The Kier molecular flexibility index (Phi) is 15.3. The molecule has 1 unspecified atom stereocenters. The van der Waals surface area contributed by atoms with E-state index in [4.69, 9.17) is 15.2 Å². The van der Waals surface area contributed by atoms with Gasteiger partial charge in [0, 0.05) is 68.9 Å². The van der Waals surface area contributed by atoms with Gasteiger partial charge in [-0.15, -0.1) is 0 Å². The van der Waals surface area contributed by atoms with E-state index in [2.05, 4.69) is 80.1 Å². The Morgan fingerprint density at radius 1 is 1.26 bits per heavy atom. The summed E-state index contributed by atoms with van der Waals surface area (Å²) in [6, 6.07) is 0. The number of aryl methyl sites for hydroxylation is 1. The average Bonchev–Trinajstić information content (AvgIpc) is 3.24. The van der Waals surface area contributed by atoms with Crippen LogP contribution in [0.4, 0.5) is 0 Å². The number of aromatic nitrogens is 2. The number of allylic oxidation sites excluding steroid dienone is 6. The molecule has 4 N–H and O–H groups in total. The molecule has 0 radical (unpaired) electrons. The van der Waals surface area contributed by atoms with Gasteiger partial charge < -0.3 is 30.7 Å². The van der Waals surface area contributed by atoms with Crippen molar-refractivity contribution in [1.82, 2.24) is 25.3 Å². The first-order valence-corrected chi connectivity index (χ1v) is 16.1. The Hall–Kier alpha value is -3.82. The van der Waals surface area contributed by atoms with Gasteiger partial charge in [-0.3, -0.25) is 9.48 Å². The van der Waals surface area contributed by atoms with Crippen LogP contribution < -0.4 is 16.4 Å². The number of amides is 1. The predicted molar refractivity (Wildman–Crippen MR) is 190 cm³/mol. The van der Waals surface area contributed by atoms with Crippen LogP contribution in [0.25, 0.3) is 5.70 Å². The van der Waals surface area contributed by atoms with Crippen LogP contribution in [0, 0.1) is 18.3 Å². The highest BCUT2D eigenvalue weighted by molar-refractivity contribution is 5.79. The molecule has 1 atom stereocenters. The van der Waals surface area contributed by atoms with Crippen molar-refractivity contribution in [2.45, 2.75) is 61.3 Å². The van der Waals surface area contributed by atoms with Crippen LogP contribution in [-0.2, 0) is 21.3 Å². The lowest BCUT2D eigenvalue weighted by Crippen LogP contribution is -2.31. The minimum Gasteiger partial charge on any atom is -0.497 e. The topological polar surface area (TPSA) is 107 Å². The summed E-state index contributed by atoms with van der Waals surface area (Å²) < 4.78 is 12.6. The first-order valence-electron chi connectivity index (χ1n) is 16.1. The van der Waals surface area contributed by atoms with Gasteiger partial charge in [0.2, 0.25) is 5.91 Å². The zero-order valence-corrected chi connectivity index (χ0v) is 29.9. The molecule has 1 aromatic heterocycles. The highest BCUT2D eigenvalue weighted by Gasteiger charge is 2.19. The molecule has 0 aromatic carbocycles. The number of rotatable bonds is 17. The van der Waals surface area contributed by atoms with Crippen LogP contribution >= 0.6 is 0 Å². The summed E-state index contributed by atoms with van der Waals surface area (Å²) in [5, 5.41) is 10.7. The fourth-order valence-electron chi connectivity index (χ4n) is 5.01. The maximum absolute atomic E-state index is 13.1. The van der Waals surface area contributed by atoms with Gasteiger partial charge in [0.1, 0.15) is 5.76 Å². The van der Waals surface area contributed by atoms with Crippen LogP contribution in [0.3, 0.4) is 0 Å². The van der Waals surface area contributed by atoms with Crippen molar-refractivity contribution < 1.29 is 14.3 Å². The van der Waals surface area contributed by atoms with Crippen molar-refractivity contribution in [3.8, 4) is 0 Å². The molecule has 0 saturated carbocycles. The van der Waals surface area contributed by atoms with Gasteiger partial charge >= 0.3 is 0 Å². The summed E-state index contributed by atoms with van der Waals surface area (Å²) in [6.07, 6.45) is 15.1. The van der Waals surface area contributed by atoms with E-state index in [0.717, 1.165) is 53.3 Å². The summed E-state index contributed by atoms with van der Waals surface area (Å²) in [6.45, 7) is 23.0. The second-order valence-corrected chi connectivity index (χ2v) is 13.0. The lowest BCUT2D eigenvalue weighted by atomic mass is 9.83. The Morgan fingerprint density at radius 3 is 2.57 bits per heavy atom. The van der Waals surface area contributed by atoms with Crippen LogP contribution in [0.1, 0.15) is 65.6 Å². The Labute approximate surface area is 277 Å². The second kappa shape index (κ2) is 18.4. The number of carbonyl (C=O) groups excluding carboxylic acids is 1. The summed E-state index contributed by atoms with van der Waals surface area (Å²) in [4.78, 5) is 15.5. The number of methoxy groups -OCH3 is 2. The minimum absolute atomic E-state index is 0.0560.